The summed E-state index contributed by atoms with van der Waals surface area (Å²) in [6.07, 6.45) is 1.77. The molecule has 0 saturated carbocycles. The van der Waals surface area contributed by atoms with Gasteiger partial charge in [0.2, 0.25) is 0 Å². The Hall–Kier alpha value is -2.37. The van der Waals surface area contributed by atoms with Crippen LogP contribution in [0.2, 0.25) is 0 Å². The Morgan fingerprint density at radius 1 is 1.16 bits per heavy atom. The van der Waals surface area contributed by atoms with Gasteiger partial charge in [0, 0.05) is 41.6 Å². The minimum atomic E-state index is -0.270. The molecule has 1 atom stereocenters. The number of aryl methyl sites for hydroxylation is 1. The number of nitrogens with zero attached hydrogens (tertiary/aromatic N) is 5. The predicted molar refractivity (Wildman–Crippen MR) is 152 cm³/mol. The lowest BCUT2D eigenvalue weighted by Crippen LogP contribution is -2.37. The van der Waals surface area contributed by atoms with Crippen LogP contribution < -0.4 is 5.32 Å². The number of alkyl halides is 1. The summed E-state index contributed by atoms with van der Waals surface area (Å²) in [6.45, 7) is 6.84. The van der Waals surface area contributed by atoms with Crippen molar-refractivity contribution in [3.8, 4) is 5.75 Å². The van der Waals surface area contributed by atoms with Crippen LogP contribution in [0.4, 0.5) is 11.5 Å². The van der Waals surface area contributed by atoms with Crippen LogP contribution in [0.25, 0.3) is 11.0 Å². The number of thioether (sulfide) groups is 1. The molecule has 2 aromatic carbocycles. The summed E-state index contributed by atoms with van der Waals surface area (Å²) in [4.78, 5) is 12.1. The molecule has 0 aliphatic carbocycles. The number of anilines is 2. The number of halogens is 2. The van der Waals surface area contributed by atoms with Crippen LogP contribution in [0.15, 0.2) is 58.3 Å². The van der Waals surface area contributed by atoms with E-state index in [0.717, 1.165) is 65.3 Å². The van der Waals surface area contributed by atoms with Crippen LogP contribution in [0.3, 0.4) is 0 Å². The molecule has 0 radical (unpaired) electrons. The van der Waals surface area contributed by atoms with Gasteiger partial charge in [-0.15, -0.1) is 11.6 Å². The molecule has 2 N–H and O–H groups in total. The number of benzene rings is 2. The number of nitrogens with one attached hydrogen (secondary N) is 1. The standard InChI is InChI=1S/C26H28BrClN6O2S/c1-17-2-7-20(35)14-23(17)30-24-21-15-29-34(16-22(28)18-3-5-19(27)6-4-18)25(21)32-26(31-24)37-13-10-33-8-11-36-12-9-33/h2-7,14-15,22,35H,8-13,16H2,1H3,(H,30,31,32). The lowest BCUT2D eigenvalue weighted by molar-refractivity contribution is 0.0410. The van der Waals surface area contributed by atoms with E-state index in [1.165, 1.54) is 0 Å². The Morgan fingerprint density at radius 3 is 2.73 bits per heavy atom. The summed E-state index contributed by atoms with van der Waals surface area (Å²) in [5.74, 6) is 1.70. The average Bonchev–Trinajstić information content (AvgIpc) is 3.30. The molecule has 11 heteroatoms. The van der Waals surface area contributed by atoms with Gasteiger partial charge in [-0.2, -0.15) is 5.10 Å². The monoisotopic (exact) mass is 602 g/mol. The van der Waals surface area contributed by atoms with E-state index in [1.54, 1.807) is 30.1 Å². The molecule has 4 aromatic rings. The van der Waals surface area contributed by atoms with E-state index in [4.69, 9.17) is 26.3 Å². The quantitative estimate of drug-likeness (QED) is 0.142. The van der Waals surface area contributed by atoms with E-state index in [0.29, 0.717) is 23.2 Å². The second-order valence-corrected chi connectivity index (χ2v) is 11.4. The van der Waals surface area contributed by atoms with Crippen LogP contribution in [-0.2, 0) is 11.3 Å². The minimum absolute atomic E-state index is 0.189. The lowest BCUT2D eigenvalue weighted by Gasteiger charge is -2.26. The van der Waals surface area contributed by atoms with Crippen molar-refractivity contribution in [2.24, 2.45) is 0 Å². The Morgan fingerprint density at radius 2 is 1.95 bits per heavy atom. The topological polar surface area (TPSA) is 88.3 Å². The number of hydrogen-bond acceptors (Lipinski definition) is 8. The zero-order chi connectivity index (χ0) is 25.8. The largest absolute Gasteiger partial charge is 0.508 e. The second kappa shape index (κ2) is 12.0. The van der Waals surface area contributed by atoms with Crippen LogP contribution in [-0.4, -0.2) is 68.4 Å². The number of ether oxygens (including phenoxy) is 1. The van der Waals surface area contributed by atoms with Gasteiger partial charge < -0.3 is 15.2 Å². The molecule has 3 heterocycles. The van der Waals surface area contributed by atoms with E-state index in [9.17, 15) is 5.11 Å². The van der Waals surface area contributed by atoms with Crippen molar-refractivity contribution in [3.63, 3.8) is 0 Å². The van der Waals surface area contributed by atoms with Crippen molar-refractivity contribution >= 4 is 61.8 Å². The smallest absolute Gasteiger partial charge is 0.191 e. The van der Waals surface area contributed by atoms with Gasteiger partial charge >= 0.3 is 0 Å². The van der Waals surface area contributed by atoms with Crippen molar-refractivity contribution in [2.75, 3.05) is 43.9 Å². The first-order chi connectivity index (χ1) is 18.0. The molecule has 194 valence electrons. The molecule has 1 aliphatic rings. The van der Waals surface area contributed by atoms with E-state index < -0.39 is 0 Å². The zero-order valence-electron chi connectivity index (χ0n) is 20.4. The molecule has 37 heavy (non-hydrogen) atoms. The number of aromatic hydroxyl groups is 1. The predicted octanol–water partition coefficient (Wildman–Crippen LogP) is 5.75. The fraction of sp³-hybridized carbons (Fsp3) is 0.346. The first-order valence-electron chi connectivity index (χ1n) is 12.1. The highest BCUT2D eigenvalue weighted by Crippen LogP contribution is 2.31. The Labute approximate surface area is 233 Å². The molecule has 8 nitrogen and oxygen atoms in total. The third-order valence-electron chi connectivity index (χ3n) is 6.26. The molecule has 0 bridgehead atoms. The van der Waals surface area contributed by atoms with Crippen LogP contribution in [0.5, 0.6) is 5.75 Å². The van der Waals surface area contributed by atoms with Crippen molar-refractivity contribution in [3.05, 3.63) is 64.3 Å². The van der Waals surface area contributed by atoms with Crippen molar-refractivity contribution in [2.45, 2.75) is 24.0 Å². The van der Waals surface area contributed by atoms with Gasteiger partial charge in [-0.1, -0.05) is 45.9 Å². The summed E-state index contributed by atoms with van der Waals surface area (Å²) in [5.41, 5.74) is 3.50. The molecule has 0 spiro atoms. The highest BCUT2D eigenvalue weighted by molar-refractivity contribution is 9.10. The summed E-state index contributed by atoms with van der Waals surface area (Å²) < 4.78 is 8.30. The molecular formula is C26H28BrClN6O2S. The maximum Gasteiger partial charge on any atom is 0.191 e. The summed E-state index contributed by atoms with van der Waals surface area (Å²) >= 11 is 11.9. The van der Waals surface area contributed by atoms with E-state index in [2.05, 4.69) is 31.2 Å². The molecule has 1 aliphatic heterocycles. The highest BCUT2D eigenvalue weighted by Gasteiger charge is 2.18. The summed E-state index contributed by atoms with van der Waals surface area (Å²) in [7, 11) is 0. The molecule has 0 amide bonds. The number of morpholine rings is 1. The Bertz CT molecular complexity index is 1360. The van der Waals surface area contributed by atoms with E-state index >= 15 is 0 Å². The fourth-order valence-corrected chi connectivity index (χ4v) is 5.50. The van der Waals surface area contributed by atoms with Crippen LogP contribution in [0, 0.1) is 6.92 Å². The third kappa shape index (κ3) is 6.56. The van der Waals surface area contributed by atoms with Gasteiger partial charge in [0.25, 0.3) is 0 Å². The highest BCUT2D eigenvalue weighted by atomic mass is 79.9. The van der Waals surface area contributed by atoms with Gasteiger partial charge in [-0.25, -0.2) is 14.6 Å². The summed E-state index contributed by atoms with van der Waals surface area (Å²) in [5, 5.41) is 19.2. The number of phenolic OH excluding ortho intramolecular Hbond substituents is 1. The van der Waals surface area contributed by atoms with Gasteiger partial charge in [0.05, 0.1) is 36.7 Å². The van der Waals surface area contributed by atoms with Gasteiger partial charge in [0.1, 0.15) is 11.6 Å². The lowest BCUT2D eigenvalue weighted by atomic mass is 10.1. The molecule has 1 saturated heterocycles. The van der Waals surface area contributed by atoms with Crippen molar-refractivity contribution in [1.29, 1.82) is 0 Å². The average molecular weight is 604 g/mol. The second-order valence-electron chi connectivity index (χ2n) is 8.86. The van der Waals surface area contributed by atoms with E-state index in [1.807, 2.05) is 41.9 Å². The fourth-order valence-electron chi connectivity index (χ4n) is 4.12. The van der Waals surface area contributed by atoms with Crippen LogP contribution in [0.1, 0.15) is 16.5 Å². The Kier molecular flexibility index (Phi) is 8.51. The zero-order valence-corrected chi connectivity index (χ0v) is 23.6. The normalized spacial score (nSPS) is 15.2. The maximum atomic E-state index is 10.0. The van der Waals surface area contributed by atoms with Gasteiger partial charge in [-0.05, 0) is 36.2 Å². The summed E-state index contributed by atoms with van der Waals surface area (Å²) in [6, 6.07) is 13.2. The minimum Gasteiger partial charge on any atom is -0.508 e. The maximum absolute atomic E-state index is 10.0. The number of hydrogen-bond donors (Lipinski definition) is 2. The molecular weight excluding hydrogens is 576 g/mol. The van der Waals surface area contributed by atoms with Crippen molar-refractivity contribution in [1.82, 2.24) is 24.6 Å². The van der Waals surface area contributed by atoms with Crippen molar-refractivity contribution < 1.29 is 9.84 Å². The first kappa shape index (κ1) is 26.2. The molecule has 1 unspecified atom stereocenters. The number of aromatic nitrogens is 4. The Balaban J connectivity index is 1.43. The number of fused-ring (bicyclic) bond motifs is 1. The molecule has 5 rings (SSSR count). The van der Waals surface area contributed by atoms with Gasteiger partial charge in [0.15, 0.2) is 10.8 Å². The van der Waals surface area contributed by atoms with Gasteiger partial charge in [-0.3, -0.25) is 4.90 Å². The van der Waals surface area contributed by atoms with Crippen LogP contribution >= 0.6 is 39.3 Å². The number of rotatable bonds is 9. The first-order valence-corrected chi connectivity index (χ1v) is 14.3. The molecule has 1 fully saturated rings. The SMILES string of the molecule is Cc1ccc(O)cc1Nc1nc(SCCN2CCOCC2)nc2c1cnn2CC(Cl)c1ccc(Br)cc1. The number of phenols is 1. The molecule has 2 aromatic heterocycles. The van der Waals surface area contributed by atoms with E-state index in [-0.39, 0.29) is 11.1 Å². The third-order valence-corrected chi connectivity index (χ3v) is 8.00.